The Morgan fingerprint density at radius 1 is 1.13 bits per heavy atom. The number of benzene rings is 2. The number of likely N-dealkylation sites (tertiary alicyclic amines) is 1. The van der Waals surface area contributed by atoms with E-state index in [1.165, 1.54) is 4.90 Å². The molecule has 4 rings (SSSR count). The number of nitrogens with zero attached hydrogens (tertiary/aromatic N) is 2. The minimum Gasteiger partial charge on any atom is -0.479 e. The highest BCUT2D eigenvalue weighted by Gasteiger charge is 2.34. The van der Waals surface area contributed by atoms with Crippen molar-refractivity contribution in [2.24, 2.45) is 0 Å². The Hall–Kier alpha value is -2.87. The number of hydrogen-bond donors (Lipinski definition) is 1. The van der Waals surface area contributed by atoms with Gasteiger partial charge in [-0.05, 0) is 62.6 Å². The monoisotopic (exact) mass is 485 g/mol. The van der Waals surface area contributed by atoms with Gasteiger partial charge in [-0.2, -0.15) is 0 Å². The van der Waals surface area contributed by atoms with Gasteiger partial charge in [0.05, 0.1) is 5.69 Å². The zero-order chi connectivity index (χ0) is 22.0. The molecule has 7 nitrogen and oxygen atoms in total. The molecule has 1 atom stereocenters. The summed E-state index contributed by atoms with van der Waals surface area (Å²) in [7, 11) is 0. The van der Waals surface area contributed by atoms with Crippen LogP contribution in [0.25, 0.3) is 0 Å². The molecule has 162 valence electrons. The second-order valence-corrected chi connectivity index (χ2v) is 8.69. The van der Waals surface area contributed by atoms with E-state index in [9.17, 15) is 14.4 Å². The Balaban J connectivity index is 1.57. The fraction of sp³-hybridized carbons (Fsp3) is 0.348. The second-order valence-electron chi connectivity index (χ2n) is 7.77. The molecular weight excluding hydrogens is 462 g/mol. The zero-order valence-electron chi connectivity index (χ0n) is 17.3. The molecule has 1 N–H and O–H groups in total. The average Bonchev–Trinajstić information content (AvgIpc) is 2.77. The molecule has 0 saturated carbocycles. The molecule has 2 aromatic carbocycles. The Morgan fingerprint density at radius 2 is 1.90 bits per heavy atom. The van der Waals surface area contributed by atoms with Crippen LogP contribution < -0.4 is 15.0 Å². The number of halogens is 1. The van der Waals surface area contributed by atoms with Crippen LogP contribution in [-0.2, 0) is 9.59 Å². The molecule has 3 amide bonds. The fourth-order valence-electron chi connectivity index (χ4n) is 3.86. The Kier molecular flexibility index (Phi) is 6.27. The summed E-state index contributed by atoms with van der Waals surface area (Å²) < 4.78 is 6.53. The smallest absolute Gasteiger partial charge is 0.268 e. The van der Waals surface area contributed by atoms with Crippen LogP contribution in [-0.4, -0.2) is 48.4 Å². The van der Waals surface area contributed by atoms with Crippen LogP contribution in [0.15, 0.2) is 46.9 Å². The van der Waals surface area contributed by atoms with Gasteiger partial charge >= 0.3 is 0 Å². The van der Waals surface area contributed by atoms with Crippen molar-refractivity contribution in [3.05, 3.63) is 52.5 Å². The first-order valence-electron chi connectivity index (χ1n) is 10.4. The van der Waals surface area contributed by atoms with E-state index in [1.54, 1.807) is 43.3 Å². The molecular formula is C23H24BrN3O4. The number of hydrogen-bond acceptors (Lipinski definition) is 4. The number of amides is 3. The number of carbonyl (C=O) groups excluding carboxylic acids is 3. The normalized spacial score (nSPS) is 18.3. The molecule has 0 radical (unpaired) electrons. The molecule has 1 fully saturated rings. The molecule has 31 heavy (non-hydrogen) atoms. The van der Waals surface area contributed by atoms with E-state index in [2.05, 4.69) is 21.2 Å². The van der Waals surface area contributed by atoms with E-state index in [1.807, 2.05) is 11.0 Å². The predicted molar refractivity (Wildman–Crippen MR) is 121 cm³/mol. The van der Waals surface area contributed by atoms with Crippen LogP contribution >= 0.6 is 15.9 Å². The van der Waals surface area contributed by atoms with Gasteiger partial charge in [-0.1, -0.05) is 22.0 Å². The van der Waals surface area contributed by atoms with Crippen LogP contribution in [0, 0.1) is 0 Å². The van der Waals surface area contributed by atoms with E-state index >= 15 is 0 Å². The van der Waals surface area contributed by atoms with Crippen LogP contribution in [0.1, 0.15) is 36.5 Å². The molecule has 2 aromatic rings. The molecule has 2 aliphatic heterocycles. The maximum atomic E-state index is 12.8. The first-order chi connectivity index (χ1) is 14.9. The number of nitrogens with one attached hydrogen (secondary N) is 1. The Bertz CT molecular complexity index is 1020. The van der Waals surface area contributed by atoms with Gasteiger partial charge in [0.1, 0.15) is 12.3 Å². The van der Waals surface area contributed by atoms with Crippen LogP contribution in [0.4, 0.5) is 11.4 Å². The van der Waals surface area contributed by atoms with Crippen molar-refractivity contribution >= 4 is 45.0 Å². The Morgan fingerprint density at radius 3 is 2.65 bits per heavy atom. The van der Waals surface area contributed by atoms with E-state index in [4.69, 9.17) is 4.74 Å². The summed E-state index contributed by atoms with van der Waals surface area (Å²) in [6.45, 7) is 3.08. The van der Waals surface area contributed by atoms with E-state index in [-0.39, 0.29) is 24.3 Å². The van der Waals surface area contributed by atoms with Gasteiger partial charge in [-0.3, -0.25) is 19.3 Å². The van der Waals surface area contributed by atoms with E-state index < -0.39 is 6.10 Å². The molecule has 2 heterocycles. The summed E-state index contributed by atoms with van der Waals surface area (Å²) in [5.74, 6) is -0.0994. The summed E-state index contributed by atoms with van der Waals surface area (Å²) in [5.41, 5.74) is 1.51. The third-order valence-electron chi connectivity index (χ3n) is 5.51. The zero-order valence-corrected chi connectivity index (χ0v) is 18.9. The van der Waals surface area contributed by atoms with E-state index in [0.717, 1.165) is 36.8 Å². The highest BCUT2D eigenvalue weighted by atomic mass is 79.9. The molecule has 0 spiro atoms. The number of anilines is 2. The third kappa shape index (κ3) is 4.74. The number of fused-ring (bicyclic) bond motifs is 1. The van der Waals surface area contributed by atoms with Gasteiger partial charge in [0.2, 0.25) is 5.91 Å². The SMILES string of the molecule is CC1Oc2ccc(NC(=O)c3cccc(Br)c3)cc2N(CC(=O)N2CCCCC2)C1=O. The first kappa shape index (κ1) is 21.4. The van der Waals surface area contributed by atoms with Crippen molar-refractivity contribution in [3.8, 4) is 5.75 Å². The highest BCUT2D eigenvalue weighted by molar-refractivity contribution is 9.10. The molecule has 8 heteroatoms. The van der Waals surface area contributed by atoms with Crippen molar-refractivity contribution in [1.29, 1.82) is 0 Å². The average molecular weight is 486 g/mol. The van der Waals surface area contributed by atoms with Crippen LogP contribution in [0.2, 0.25) is 0 Å². The molecule has 0 aliphatic carbocycles. The lowest BCUT2D eigenvalue weighted by atomic mass is 10.1. The number of carbonyl (C=O) groups is 3. The first-order valence-corrected chi connectivity index (χ1v) is 11.2. The summed E-state index contributed by atoms with van der Waals surface area (Å²) >= 11 is 3.36. The van der Waals surface area contributed by atoms with Crippen molar-refractivity contribution in [2.75, 3.05) is 29.9 Å². The van der Waals surface area contributed by atoms with Gasteiger partial charge in [0.15, 0.2) is 6.10 Å². The molecule has 0 aromatic heterocycles. The van der Waals surface area contributed by atoms with Crippen molar-refractivity contribution in [1.82, 2.24) is 4.90 Å². The minimum absolute atomic E-state index is 0.0391. The summed E-state index contributed by atoms with van der Waals surface area (Å²) in [4.78, 5) is 41.6. The molecule has 1 saturated heterocycles. The second kappa shape index (κ2) is 9.09. The molecule has 1 unspecified atom stereocenters. The van der Waals surface area contributed by atoms with Crippen molar-refractivity contribution in [2.45, 2.75) is 32.3 Å². The van der Waals surface area contributed by atoms with Gasteiger partial charge in [0, 0.05) is 28.8 Å². The lowest BCUT2D eigenvalue weighted by Gasteiger charge is -2.35. The highest BCUT2D eigenvalue weighted by Crippen LogP contribution is 2.36. The van der Waals surface area contributed by atoms with Crippen molar-refractivity contribution in [3.63, 3.8) is 0 Å². The fourth-order valence-corrected chi connectivity index (χ4v) is 4.26. The summed E-state index contributed by atoms with van der Waals surface area (Å²) in [5, 5.41) is 2.85. The predicted octanol–water partition coefficient (Wildman–Crippen LogP) is 3.83. The van der Waals surface area contributed by atoms with E-state index in [0.29, 0.717) is 22.7 Å². The van der Waals surface area contributed by atoms with Gasteiger partial charge in [-0.15, -0.1) is 0 Å². The van der Waals surface area contributed by atoms with Gasteiger partial charge in [0.25, 0.3) is 11.8 Å². The van der Waals surface area contributed by atoms with Crippen molar-refractivity contribution < 1.29 is 19.1 Å². The molecule has 0 bridgehead atoms. The quantitative estimate of drug-likeness (QED) is 0.713. The Labute approximate surface area is 189 Å². The lowest BCUT2D eigenvalue weighted by Crippen LogP contribution is -2.50. The molecule has 2 aliphatic rings. The van der Waals surface area contributed by atoms with Crippen LogP contribution in [0.5, 0.6) is 5.75 Å². The number of piperidine rings is 1. The maximum absolute atomic E-state index is 12.8. The number of rotatable bonds is 4. The van der Waals surface area contributed by atoms with Gasteiger partial charge < -0.3 is 15.0 Å². The summed E-state index contributed by atoms with van der Waals surface area (Å²) in [6, 6.07) is 12.2. The lowest BCUT2D eigenvalue weighted by molar-refractivity contribution is -0.133. The summed E-state index contributed by atoms with van der Waals surface area (Å²) in [6.07, 6.45) is 2.42. The number of ether oxygens (including phenoxy) is 1. The third-order valence-corrected chi connectivity index (χ3v) is 6.01. The standard InChI is InChI=1S/C23H24BrN3O4/c1-15-23(30)27(14-21(28)26-10-3-2-4-11-26)19-13-18(8-9-20(19)31-15)25-22(29)16-6-5-7-17(24)12-16/h5-9,12-13,15H,2-4,10-11,14H2,1H3,(H,25,29). The van der Waals surface area contributed by atoms with Gasteiger partial charge in [-0.25, -0.2) is 0 Å². The van der Waals surface area contributed by atoms with Crippen LogP contribution in [0.3, 0.4) is 0 Å². The largest absolute Gasteiger partial charge is 0.479 e. The topological polar surface area (TPSA) is 79.0 Å². The maximum Gasteiger partial charge on any atom is 0.268 e. The minimum atomic E-state index is -0.677.